The molecule has 94 valence electrons. The molecule has 0 radical (unpaired) electrons. The number of aliphatic hydroxyl groups is 1. The fourth-order valence-electron chi connectivity index (χ4n) is 1.64. The van der Waals surface area contributed by atoms with Gasteiger partial charge in [0.2, 0.25) is 0 Å². The molecule has 3 nitrogen and oxygen atoms in total. The summed E-state index contributed by atoms with van der Waals surface area (Å²) in [4.78, 5) is 11.4. The summed E-state index contributed by atoms with van der Waals surface area (Å²) in [7, 11) is 0. The van der Waals surface area contributed by atoms with Crippen LogP contribution in [0.1, 0.15) is 32.5 Å². The molecule has 2 aromatic rings. The van der Waals surface area contributed by atoms with E-state index in [1.165, 1.54) is 17.4 Å². The monoisotopic (exact) mass is 282 g/mol. The number of aromatic carboxylic acids is 1. The van der Waals surface area contributed by atoms with Crippen molar-refractivity contribution in [3.63, 3.8) is 0 Å². The molecule has 0 fully saturated rings. The van der Waals surface area contributed by atoms with Crippen molar-refractivity contribution < 1.29 is 15.0 Å². The molecule has 0 saturated carbocycles. The van der Waals surface area contributed by atoms with E-state index in [4.69, 9.17) is 16.7 Å². The number of halogens is 1. The minimum Gasteiger partial charge on any atom is -0.478 e. The van der Waals surface area contributed by atoms with E-state index in [2.05, 4.69) is 0 Å². The van der Waals surface area contributed by atoms with Gasteiger partial charge in [-0.3, -0.25) is 0 Å². The normalized spacial score (nSPS) is 12.4. The molecule has 1 atom stereocenters. The van der Waals surface area contributed by atoms with Crippen LogP contribution in [0.3, 0.4) is 0 Å². The van der Waals surface area contributed by atoms with Crippen LogP contribution in [0.5, 0.6) is 0 Å². The van der Waals surface area contributed by atoms with E-state index in [9.17, 15) is 9.90 Å². The number of hydrogen-bond donors (Lipinski definition) is 2. The molecule has 18 heavy (non-hydrogen) atoms. The fraction of sp³-hybridized carbons (Fsp3) is 0.154. The molecular formula is C13H11ClO3S. The molecular weight excluding hydrogens is 272 g/mol. The summed E-state index contributed by atoms with van der Waals surface area (Å²) in [6.07, 6.45) is -0.964. The molecule has 1 unspecified atom stereocenters. The number of thiophene rings is 1. The van der Waals surface area contributed by atoms with Gasteiger partial charge in [-0.05, 0) is 35.6 Å². The lowest BCUT2D eigenvalue weighted by molar-refractivity contribution is 0.0692. The Bertz CT molecular complexity index is 592. The SMILES string of the molecule is Cc1ccc(C(O)c2sccc2C(=O)O)cc1Cl. The minimum absolute atomic E-state index is 0.129. The number of benzene rings is 1. The lowest BCUT2D eigenvalue weighted by Gasteiger charge is -2.11. The van der Waals surface area contributed by atoms with Gasteiger partial charge < -0.3 is 10.2 Å². The van der Waals surface area contributed by atoms with Gasteiger partial charge in [0.1, 0.15) is 6.10 Å². The maximum absolute atomic E-state index is 11.0. The van der Waals surface area contributed by atoms with Gasteiger partial charge in [-0.1, -0.05) is 23.7 Å². The van der Waals surface area contributed by atoms with Gasteiger partial charge in [0.25, 0.3) is 0 Å². The third-order valence-corrected chi connectivity index (χ3v) is 4.06. The highest BCUT2D eigenvalue weighted by atomic mass is 35.5. The van der Waals surface area contributed by atoms with Crippen molar-refractivity contribution in [2.45, 2.75) is 13.0 Å². The number of carboxylic acid groups (broad SMARTS) is 1. The van der Waals surface area contributed by atoms with Gasteiger partial charge >= 0.3 is 5.97 Å². The molecule has 0 aliphatic heterocycles. The van der Waals surface area contributed by atoms with Crippen molar-refractivity contribution in [2.75, 3.05) is 0 Å². The number of aryl methyl sites for hydroxylation is 1. The molecule has 2 rings (SSSR count). The lowest BCUT2D eigenvalue weighted by atomic mass is 10.0. The molecule has 0 bridgehead atoms. The molecule has 1 aromatic carbocycles. The standard InChI is InChI=1S/C13H11ClO3S/c1-7-2-3-8(6-10(7)14)11(15)12-9(13(16)17)4-5-18-12/h2-6,11,15H,1H3,(H,16,17). The first-order chi connectivity index (χ1) is 8.50. The number of rotatable bonds is 3. The van der Waals surface area contributed by atoms with Crippen LogP contribution in [0.4, 0.5) is 0 Å². The van der Waals surface area contributed by atoms with E-state index >= 15 is 0 Å². The Hall–Kier alpha value is -1.36. The quantitative estimate of drug-likeness (QED) is 0.906. The fourth-order valence-corrected chi connectivity index (χ4v) is 2.73. The van der Waals surface area contributed by atoms with Crippen LogP contribution in [0.2, 0.25) is 5.02 Å². The molecule has 2 N–H and O–H groups in total. The van der Waals surface area contributed by atoms with Crippen LogP contribution in [-0.2, 0) is 0 Å². The van der Waals surface area contributed by atoms with Crippen LogP contribution in [0, 0.1) is 6.92 Å². The van der Waals surface area contributed by atoms with Crippen LogP contribution in [-0.4, -0.2) is 16.2 Å². The Morgan fingerprint density at radius 3 is 2.72 bits per heavy atom. The Balaban J connectivity index is 2.41. The average molecular weight is 283 g/mol. The molecule has 0 amide bonds. The van der Waals surface area contributed by atoms with E-state index in [1.54, 1.807) is 23.6 Å². The molecule has 1 heterocycles. The van der Waals surface area contributed by atoms with E-state index in [0.29, 0.717) is 15.5 Å². The van der Waals surface area contributed by atoms with Crippen molar-refractivity contribution in [1.29, 1.82) is 0 Å². The average Bonchev–Trinajstić information content (AvgIpc) is 2.81. The first-order valence-electron chi connectivity index (χ1n) is 5.25. The molecule has 0 saturated heterocycles. The molecule has 0 aliphatic rings. The zero-order chi connectivity index (χ0) is 13.3. The van der Waals surface area contributed by atoms with E-state index in [-0.39, 0.29) is 5.56 Å². The summed E-state index contributed by atoms with van der Waals surface area (Å²) in [6, 6.07) is 6.69. The summed E-state index contributed by atoms with van der Waals surface area (Å²) >= 11 is 7.21. The molecule has 0 aliphatic carbocycles. The van der Waals surface area contributed by atoms with Crippen molar-refractivity contribution in [2.24, 2.45) is 0 Å². The summed E-state index contributed by atoms with van der Waals surface area (Å²) in [5.41, 5.74) is 1.64. The largest absolute Gasteiger partial charge is 0.478 e. The highest BCUT2D eigenvalue weighted by Gasteiger charge is 2.20. The minimum atomic E-state index is -1.04. The Morgan fingerprint density at radius 2 is 2.11 bits per heavy atom. The van der Waals surface area contributed by atoms with E-state index in [0.717, 1.165) is 5.56 Å². The second-order valence-corrected chi connectivity index (χ2v) is 5.27. The van der Waals surface area contributed by atoms with Gasteiger partial charge in [-0.15, -0.1) is 11.3 Å². The van der Waals surface area contributed by atoms with Gasteiger partial charge in [0.15, 0.2) is 0 Å². The summed E-state index contributed by atoms with van der Waals surface area (Å²) in [5.74, 6) is -1.04. The predicted octanol–water partition coefficient (Wildman–Crippen LogP) is 3.49. The van der Waals surface area contributed by atoms with Gasteiger partial charge in [0.05, 0.1) is 10.4 Å². The summed E-state index contributed by atoms with van der Waals surface area (Å²) in [5, 5.41) is 21.4. The van der Waals surface area contributed by atoms with Crippen LogP contribution >= 0.6 is 22.9 Å². The second-order valence-electron chi connectivity index (χ2n) is 3.91. The van der Waals surface area contributed by atoms with Crippen molar-refractivity contribution >= 4 is 28.9 Å². The molecule has 0 spiro atoms. The molecule has 1 aromatic heterocycles. The van der Waals surface area contributed by atoms with E-state index < -0.39 is 12.1 Å². The summed E-state index contributed by atoms with van der Waals surface area (Å²) in [6.45, 7) is 1.87. The van der Waals surface area contributed by atoms with Crippen molar-refractivity contribution in [3.05, 3.63) is 56.2 Å². The van der Waals surface area contributed by atoms with Crippen LogP contribution in [0.15, 0.2) is 29.6 Å². The van der Waals surface area contributed by atoms with Gasteiger partial charge in [-0.2, -0.15) is 0 Å². The topological polar surface area (TPSA) is 57.5 Å². The Morgan fingerprint density at radius 1 is 1.39 bits per heavy atom. The zero-order valence-electron chi connectivity index (χ0n) is 9.55. The van der Waals surface area contributed by atoms with Gasteiger partial charge in [-0.25, -0.2) is 4.79 Å². The van der Waals surface area contributed by atoms with Crippen LogP contribution in [0.25, 0.3) is 0 Å². The zero-order valence-corrected chi connectivity index (χ0v) is 11.1. The predicted molar refractivity (Wildman–Crippen MR) is 71.5 cm³/mol. The first kappa shape index (κ1) is 13.1. The highest BCUT2D eigenvalue weighted by Crippen LogP contribution is 2.31. The maximum atomic E-state index is 11.0. The lowest BCUT2D eigenvalue weighted by Crippen LogP contribution is -2.04. The number of carboxylic acids is 1. The number of carbonyl (C=O) groups is 1. The number of hydrogen-bond acceptors (Lipinski definition) is 3. The molecule has 5 heteroatoms. The second kappa shape index (κ2) is 5.10. The van der Waals surface area contributed by atoms with Crippen LogP contribution < -0.4 is 0 Å². The Kier molecular flexibility index (Phi) is 3.71. The van der Waals surface area contributed by atoms with Gasteiger partial charge in [0, 0.05) is 5.02 Å². The smallest absolute Gasteiger partial charge is 0.336 e. The maximum Gasteiger partial charge on any atom is 0.336 e. The van der Waals surface area contributed by atoms with Crippen molar-refractivity contribution in [3.8, 4) is 0 Å². The number of aliphatic hydroxyl groups excluding tert-OH is 1. The highest BCUT2D eigenvalue weighted by molar-refractivity contribution is 7.10. The first-order valence-corrected chi connectivity index (χ1v) is 6.51. The third kappa shape index (κ3) is 2.41. The van der Waals surface area contributed by atoms with Crippen molar-refractivity contribution in [1.82, 2.24) is 0 Å². The van der Waals surface area contributed by atoms with E-state index in [1.807, 2.05) is 6.92 Å². The summed E-state index contributed by atoms with van der Waals surface area (Å²) < 4.78 is 0. The Labute approximate surface area is 113 Å². The third-order valence-electron chi connectivity index (χ3n) is 2.69.